The monoisotopic (exact) mass is 910 g/mol. The molecule has 0 unspecified atom stereocenters. The van der Waals surface area contributed by atoms with Gasteiger partial charge in [0.05, 0.1) is 25.8 Å². The van der Waals surface area contributed by atoms with Crippen molar-refractivity contribution in [3.63, 3.8) is 0 Å². The summed E-state index contributed by atoms with van der Waals surface area (Å²) in [5, 5.41) is 18.6. The van der Waals surface area contributed by atoms with E-state index in [4.69, 9.17) is 14.2 Å². The molecule has 1 aromatic heterocycles. The Bertz CT molecular complexity index is 2040. The molecule has 1 N–H and O–H groups in total. The number of aromatic nitrogens is 3. The van der Waals surface area contributed by atoms with Crippen molar-refractivity contribution in [2.24, 2.45) is 11.3 Å². The minimum absolute atomic E-state index is 0.00576. The summed E-state index contributed by atoms with van der Waals surface area (Å²) in [6.45, 7) is 8.14. The van der Waals surface area contributed by atoms with Crippen LogP contribution in [0.1, 0.15) is 190 Å². The minimum Gasteiger partial charge on any atom is -0.497 e. The van der Waals surface area contributed by atoms with Crippen LogP contribution in [0.5, 0.6) is 11.5 Å². The Balaban J connectivity index is 1.01. The summed E-state index contributed by atoms with van der Waals surface area (Å²) in [4.78, 5) is 23.4. The van der Waals surface area contributed by atoms with Crippen molar-refractivity contribution in [1.29, 1.82) is 0 Å². The second-order valence-electron chi connectivity index (χ2n) is 19.7. The molecule has 362 valence electrons. The van der Waals surface area contributed by atoms with Crippen molar-refractivity contribution in [1.82, 2.24) is 15.0 Å². The lowest BCUT2D eigenvalue weighted by Gasteiger charge is -2.26. The van der Waals surface area contributed by atoms with Gasteiger partial charge in [0.2, 0.25) is 0 Å². The molecule has 10 heteroatoms. The lowest BCUT2D eigenvalue weighted by Crippen LogP contribution is -2.23. The second-order valence-corrected chi connectivity index (χ2v) is 19.7. The number of methoxy groups -OCH3 is 1. The fraction of sp³-hybridized carbons (Fsp3) is 0.607. The number of halogens is 1. The number of aryl methyl sites for hydroxylation is 1. The van der Waals surface area contributed by atoms with E-state index in [1.165, 1.54) is 83.1 Å². The van der Waals surface area contributed by atoms with Crippen LogP contribution >= 0.6 is 0 Å². The van der Waals surface area contributed by atoms with Gasteiger partial charge in [-0.25, -0.2) is 4.39 Å². The number of hydrogen-bond acceptors (Lipinski definition) is 7. The normalized spacial score (nSPS) is 13.2. The first-order chi connectivity index (χ1) is 32.0. The third-order valence-electron chi connectivity index (χ3n) is 13.1. The molecule has 1 atom stereocenters. The first-order valence-corrected chi connectivity index (χ1v) is 25.5. The van der Waals surface area contributed by atoms with Gasteiger partial charge in [-0.2, -0.15) is 0 Å². The van der Waals surface area contributed by atoms with Crippen LogP contribution < -0.4 is 9.47 Å². The Morgan fingerprint density at radius 3 is 2.14 bits per heavy atom. The first kappa shape index (κ1) is 52.2. The number of carboxylic acid groups (broad SMARTS) is 1. The van der Waals surface area contributed by atoms with Gasteiger partial charge in [0.15, 0.2) is 0 Å². The molecule has 0 bridgehead atoms. The predicted molar refractivity (Wildman–Crippen MR) is 262 cm³/mol. The average molecular weight is 910 g/mol. The van der Waals surface area contributed by atoms with Gasteiger partial charge < -0.3 is 19.3 Å². The molecule has 0 saturated heterocycles. The standard InChI is InChI=1S/C56H80FN3O6/c1-5-6-22-34-65-55(63)27-21-19-17-15-13-11-9-7-8-10-12-14-16-18-20-25-47-40-60(59-58-47)42-56(2,3)39-46-35-43(28-32-50(46)52-37-48(64-4)31-33-53(52)57)41-66-49-26-23-24-45(36-49)51(38-54(61)62)44-29-30-44/h23-24,26,28,31-33,35-37,40,44,51H,5-22,25,27,29-30,34,38-39,41-42H2,1-4H3,(H,61,62)/t51-/m0/s1. The molecule has 0 spiro atoms. The molecular weight excluding hydrogens is 830 g/mol. The molecule has 0 amide bonds. The molecular formula is C56H80FN3O6. The van der Waals surface area contributed by atoms with Gasteiger partial charge >= 0.3 is 11.9 Å². The second kappa shape index (κ2) is 28.4. The Hall–Kier alpha value is -4.73. The third-order valence-corrected chi connectivity index (χ3v) is 13.1. The maximum Gasteiger partial charge on any atom is 0.305 e. The number of carboxylic acids is 1. The van der Waals surface area contributed by atoms with E-state index in [9.17, 15) is 14.7 Å². The first-order valence-electron chi connectivity index (χ1n) is 25.5. The third kappa shape index (κ3) is 19.2. The topological polar surface area (TPSA) is 113 Å². The van der Waals surface area contributed by atoms with Gasteiger partial charge in [0.1, 0.15) is 23.9 Å². The molecule has 1 heterocycles. The Morgan fingerprint density at radius 2 is 1.48 bits per heavy atom. The van der Waals surface area contributed by atoms with Gasteiger partial charge in [0.25, 0.3) is 0 Å². The van der Waals surface area contributed by atoms with E-state index in [0.717, 1.165) is 85.7 Å². The van der Waals surface area contributed by atoms with Gasteiger partial charge in [-0.3, -0.25) is 14.3 Å². The van der Waals surface area contributed by atoms with Crippen LogP contribution in [0, 0.1) is 17.2 Å². The summed E-state index contributed by atoms with van der Waals surface area (Å²) >= 11 is 0. The Labute approximate surface area is 395 Å². The highest BCUT2D eigenvalue weighted by atomic mass is 19.1. The number of unbranched alkanes of at least 4 members (excludes halogenated alkanes) is 16. The smallest absolute Gasteiger partial charge is 0.305 e. The van der Waals surface area contributed by atoms with Gasteiger partial charge in [-0.15, -0.1) is 5.10 Å². The number of aliphatic carboxylic acids is 1. The fourth-order valence-corrected chi connectivity index (χ4v) is 9.25. The van der Waals surface area contributed by atoms with Gasteiger partial charge in [-0.1, -0.05) is 153 Å². The highest BCUT2D eigenvalue weighted by molar-refractivity contribution is 5.70. The highest BCUT2D eigenvalue weighted by Gasteiger charge is 2.34. The SMILES string of the molecule is CCCCCOC(=O)CCCCCCCCCCCCCCCCCc1cn(CC(C)(C)Cc2cc(COc3cccc([C@@H](CC(=O)O)C4CC4)c3)ccc2-c2cc(OC)ccc2F)nn1. The summed E-state index contributed by atoms with van der Waals surface area (Å²) in [5.41, 5.74) is 5.07. The van der Waals surface area contributed by atoms with E-state index in [0.29, 0.717) is 55.6 Å². The predicted octanol–water partition coefficient (Wildman–Crippen LogP) is 14.4. The number of benzene rings is 3. The number of hydrogen-bond donors (Lipinski definition) is 1. The lowest BCUT2D eigenvalue weighted by atomic mass is 9.82. The van der Waals surface area contributed by atoms with Crippen molar-refractivity contribution in [3.05, 3.63) is 95.1 Å². The van der Waals surface area contributed by atoms with Crippen LogP contribution in [-0.4, -0.2) is 45.8 Å². The maximum atomic E-state index is 15.5. The molecule has 66 heavy (non-hydrogen) atoms. The number of ether oxygens (including phenoxy) is 3. The van der Waals surface area contributed by atoms with Crippen molar-refractivity contribution < 1.29 is 33.3 Å². The van der Waals surface area contributed by atoms with E-state index in [2.05, 4.69) is 43.3 Å². The van der Waals surface area contributed by atoms with Crippen LogP contribution in [0.25, 0.3) is 11.1 Å². The molecule has 0 radical (unpaired) electrons. The van der Waals surface area contributed by atoms with Crippen LogP contribution in [0.2, 0.25) is 0 Å². The number of rotatable bonds is 35. The molecule has 3 aromatic carbocycles. The number of carbonyl (C=O) groups is 2. The van der Waals surface area contributed by atoms with Gasteiger partial charge in [-0.05, 0) is 115 Å². The summed E-state index contributed by atoms with van der Waals surface area (Å²) in [6.07, 6.45) is 28.6. The van der Waals surface area contributed by atoms with Crippen LogP contribution in [0.3, 0.4) is 0 Å². The summed E-state index contributed by atoms with van der Waals surface area (Å²) in [5.74, 6) is 0.603. The Kier molecular flexibility index (Phi) is 22.5. The zero-order valence-corrected chi connectivity index (χ0v) is 40.8. The van der Waals surface area contributed by atoms with Crippen LogP contribution in [0.4, 0.5) is 4.39 Å². The average Bonchev–Trinajstić information content (AvgIpc) is 4.05. The summed E-state index contributed by atoms with van der Waals surface area (Å²) < 4.78 is 34.5. The van der Waals surface area contributed by atoms with Crippen molar-refractivity contribution in [3.8, 4) is 22.6 Å². The molecule has 9 nitrogen and oxygen atoms in total. The molecule has 5 rings (SSSR count). The number of esters is 1. The lowest BCUT2D eigenvalue weighted by molar-refractivity contribution is -0.144. The highest BCUT2D eigenvalue weighted by Crippen LogP contribution is 2.45. The molecule has 1 aliphatic carbocycles. The van der Waals surface area contributed by atoms with E-state index < -0.39 is 5.97 Å². The van der Waals surface area contributed by atoms with Crippen molar-refractivity contribution in [2.45, 2.75) is 194 Å². The van der Waals surface area contributed by atoms with E-state index in [-0.39, 0.29) is 29.5 Å². The van der Waals surface area contributed by atoms with E-state index in [1.807, 2.05) is 41.1 Å². The van der Waals surface area contributed by atoms with Crippen LogP contribution in [0.15, 0.2) is 66.9 Å². The quantitative estimate of drug-likeness (QED) is 0.0359. The molecule has 1 aliphatic rings. The zero-order chi connectivity index (χ0) is 47.0. The van der Waals surface area contributed by atoms with Gasteiger partial charge in [0, 0.05) is 24.7 Å². The summed E-state index contributed by atoms with van der Waals surface area (Å²) in [7, 11) is 1.59. The maximum absolute atomic E-state index is 15.5. The number of nitrogens with zero attached hydrogens (tertiary/aromatic N) is 3. The van der Waals surface area contributed by atoms with Crippen molar-refractivity contribution in [2.75, 3.05) is 13.7 Å². The van der Waals surface area contributed by atoms with Crippen LogP contribution in [-0.2, 0) is 40.3 Å². The number of carbonyl (C=O) groups excluding carboxylic acids is 1. The molecule has 1 fully saturated rings. The molecule has 4 aromatic rings. The van der Waals surface area contributed by atoms with E-state index >= 15 is 4.39 Å². The minimum atomic E-state index is -0.777. The fourth-order valence-electron chi connectivity index (χ4n) is 9.25. The van der Waals surface area contributed by atoms with E-state index in [1.54, 1.807) is 19.2 Å². The van der Waals surface area contributed by atoms with Crippen molar-refractivity contribution >= 4 is 11.9 Å². The molecule has 0 aliphatic heterocycles. The zero-order valence-electron chi connectivity index (χ0n) is 40.8. The molecule has 1 saturated carbocycles. The Morgan fingerprint density at radius 1 is 0.803 bits per heavy atom. The summed E-state index contributed by atoms with van der Waals surface area (Å²) in [6, 6.07) is 18.8. The largest absolute Gasteiger partial charge is 0.497 e.